The highest BCUT2D eigenvalue weighted by Gasteiger charge is 2.28. The summed E-state index contributed by atoms with van der Waals surface area (Å²) in [6.07, 6.45) is 7.77. The molecule has 1 fully saturated rings. The highest BCUT2D eigenvalue weighted by Crippen LogP contribution is 2.37. The van der Waals surface area contributed by atoms with Crippen molar-refractivity contribution in [3.05, 3.63) is 35.9 Å². The number of hydrogen-bond acceptors (Lipinski definition) is 2. The van der Waals surface area contributed by atoms with Gasteiger partial charge in [0.2, 0.25) is 0 Å². The summed E-state index contributed by atoms with van der Waals surface area (Å²) in [6.45, 7) is 0.601. The second kappa shape index (κ2) is 4.53. The molecule has 1 heterocycles. The van der Waals surface area contributed by atoms with E-state index in [1.165, 1.54) is 36.8 Å². The summed E-state index contributed by atoms with van der Waals surface area (Å²) in [5, 5.41) is 0. The summed E-state index contributed by atoms with van der Waals surface area (Å²) in [6, 6.07) is 8.23. The van der Waals surface area contributed by atoms with E-state index in [1.807, 2.05) is 12.1 Å². The smallest absolute Gasteiger partial charge is 0.127 e. The molecule has 2 nitrogen and oxygen atoms in total. The number of ether oxygens (including phenoxy) is 1. The molecule has 1 unspecified atom stereocenters. The van der Waals surface area contributed by atoms with Crippen LogP contribution < -0.4 is 10.5 Å². The van der Waals surface area contributed by atoms with Gasteiger partial charge in [0.05, 0.1) is 0 Å². The van der Waals surface area contributed by atoms with Crippen LogP contribution in [0.15, 0.2) is 30.3 Å². The molecule has 0 spiro atoms. The van der Waals surface area contributed by atoms with Crippen molar-refractivity contribution < 1.29 is 4.74 Å². The first kappa shape index (κ1) is 10.8. The van der Waals surface area contributed by atoms with Gasteiger partial charge in [-0.2, -0.15) is 0 Å². The van der Waals surface area contributed by atoms with Gasteiger partial charge in [-0.05, 0) is 36.5 Å². The minimum atomic E-state index is 0.242. The molecule has 1 aromatic carbocycles. The van der Waals surface area contributed by atoms with Crippen molar-refractivity contribution in [1.29, 1.82) is 0 Å². The molecule has 17 heavy (non-hydrogen) atoms. The van der Waals surface area contributed by atoms with Gasteiger partial charge < -0.3 is 10.5 Å². The molecule has 2 heteroatoms. The monoisotopic (exact) mass is 229 g/mol. The molecule has 0 saturated heterocycles. The maximum atomic E-state index is 6.12. The number of hydrogen-bond donors (Lipinski definition) is 1. The molecular weight excluding hydrogens is 210 g/mol. The number of fused-ring (bicyclic) bond motifs is 1. The quantitative estimate of drug-likeness (QED) is 0.846. The van der Waals surface area contributed by atoms with Crippen LogP contribution in [0.4, 0.5) is 0 Å². The molecule has 1 aliphatic carbocycles. The summed E-state index contributed by atoms with van der Waals surface area (Å²) >= 11 is 0. The predicted octanol–water partition coefficient (Wildman–Crippen LogP) is 2.98. The average molecular weight is 229 g/mol. The van der Waals surface area contributed by atoms with E-state index < -0.39 is 0 Å². The number of rotatable bonds is 2. The molecule has 1 saturated carbocycles. The van der Waals surface area contributed by atoms with Crippen LogP contribution in [0.5, 0.6) is 5.75 Å². The van der Waals surface area contributed by atoms with Gasteiger partial charge in [-0.1, -0.05) is 31.0 Å². The summed E-state index contributed by atoms with van der Waals surface area (Å²) in [5.74, 6) is 1.69. The van der Waals surface area contributed by atoms with Crippen LogP contribution in [0.3, 0.4) is 0 Å². The van der Waals surface area contributed by atoms with Crippen molar-refractivity contribution in [1.82, 2.24) is 0 Å². The summed E-state index contributed by atoms with van der Waals surface area (Å²) in [7, 11) is 0. The fourth-order valence-electron chi connectivity index (χ4n) is 3.00. The Bertz CT molecular complexity index is 432. The topological polar surface area (TPSA) is 35.2 Å². The Kier molecular flexibility index (Phi) is 2.89. The van der Waals surface area contributed by atoms with Crippen molar-refractivity contribution in [2.75, 3.05) is 6.54 Å². The molecule has 1 atom stereocenters. The number of para-hydroxylation sites is 1. The van der Waals surface area contributed by atoms with Crippen molar-refractivity contribution in [3.8, 4) is 5.75 Å². The Hall–Kier alpha value is -1.28. The minimum absolute atomic E-state index is 0.242. The Morgan fingerprint density at radius 1 is 1.18 bits per heavy atom. The van der Waals surface area contributed by atoms with E-state index in [1.54, 1.807) is 0 Å². The third kappa shape index (κ3) is 1.98. The largest absolute Gasteiger partial charge is 0.485 e. The lowest BCUT2D eigenvalue weighted by Gasteiger charge is -2.28. The standard InChI is InChI=1S/C15H19NO/c16-10-12-9-15(11-5-1-2-6-11)17-14-8-4-3-7-13(12)14/h3-4,7-9,11,15H,1-2,5-6,10,16H2. The highest BCUT2D eigenvalue weighted by molar-refractivity contribution is 5.73. The van der Waals surface area contributed by atoms with E-state index in [4.69, 9.17) is 10.5 Å². The molecule has 90 valence electrons. The van der Waals surface area contributed by atoms with E-state index in [9.17, 15) is 0 Å². The van der Waals surface area contributed by atoms with Gasteiger partial charge in [-0.15, -0.1) is 0 Å². The van der Waals surface area contributed by atoms with Crippen molar-refractivity contribution in [2.45, 2.75) is 31.8 Å². The van der Waals surface area contributed by atoms with Crippen LogP contribution >= 0.6 is 0 Å². The van der Waals surface area contributed by atoms with Gasteiger partial charge in [-0.25, -0.2) is 0 Å². The third-order valence-electron chi connectivity index (χ3n) is 3.95. The van der Waals surface area contributed by atoms with Crippen LogP contribution in [0.2, 0.25) is 0 Å². The minimum Gasteiger partial charge on any atom is -0.485 e. The summed E-state index contributed by atoms with van der Waals surface area (Å²) in [5.41, 5.74) is 8.27. The third-order valence-corrected chi connectivity index (χ3v) is 3.95. The van der Waals surface area contributed by atoms with Crippen LogP contribution in [-0.2, 0) is 0 Å². The highest BCUT2D eigenvalue weighted by atomic mass is 16.5. The second-order valence-corrected chi connectivity index (χ2v) is 5.02. The van der Waals surface area contributed by atoms with Crippen molar-refractivity contribution in [3.63, 3.8) is 0 Å². The zero-order valence-corrected chi connectivity index (χ0v) is 10.1. The SMILES string of the molecule is NCC1=CC(C2CCCC2)Oc2ccccc21. The first-order chi connectivity index (χ1) is 8.38. The number of nitrogens with two attached hydrogens (primary N) is 1. The van der Waals surface area contributed by atoms with E-state index in [0.717, 1.165) is 5.75 Å². The van der Waals surface area contributed by atoms with E-state index in [0.29, 0.717) is 12.5 Å². The first-order valence-electron chi connectivity index (χ1n) is 6.55. The van der Waals surface area contributed by atoms with E-state index in [-0.39, 0.29) is 6.10 Å². The van der Waals surface area contributed by atoms with Crippen LogP contribution in [0.25, 0.3) is 5.57 Å². The molecule has 0 bridgehead atoms. The molecule has 0 amide bonds. The Labute approximate surface area is 102 Å². The van der Waals surface area contributed by atoms with E-state index in [2.05, 4.69) is 18.2 Å². The molecule has 2 N–H and O–H groups in total. The van der Waals surface area contributed by atoms with Gasteiger partial charge >= 0.3 is 0 Å². The Balaban J connectivity index is 1.92. The molecule has 0 radical (unpaired) electrons. The van der Waals surface area contributed by atoms with E-state index >= 15 is 0 Å². The Morgan fingerprint density at radius 3 is 2.71 bits per heavy atom. The molecule has 3 rings (SSSR count). The van der Waals surface area contributed by atoms with Gasteiger partial charge in [0, 0.05) is 12.1 Å². The second-order valence-electron chi connectivity index (χ2n) is 5.02. The maximum absolute atomic E-state index is 6.12. The van der Waals surface area contributed by atoms with Crippen LogP contribution in [0.1, 0.15) is 31.2 Å². The van der Waals surface area contributed by atoms with Crippen LogP contribution in [0, 0.1) is 5.92 Å². The Morgan fingerprint density at radius 2 is 1.94 bits per heavy atom. The van der Waals surface area contributed by atoms with Gasteiger partial charge in [0.25, 0.3) is 0 Å². The molecule has 1 aromatic rings. The van der Waals surface area contributed by atoms with Crippen LogP contribution in [-0.4, -0.2) is 12.6 Å². The zero-order valence-electron chi connectivity index (χ0n) is 10.1. The lowest BCUT2D eigenvalue weighted by atomic mass is 9.93. The molecular formula is C15H19NO. The van der Waals surface area contributed by atoms with Gasteiger partial charge in [-0.3, -0.25) is 0 Å². The first-order valence-corrected chi connectivity index (χ1v) is 6.55. The average Bonchev–Trinajstić information content (AvgIpc) is 2.91. The lowest BCUT2D eigenvalue weighted by Crippen LogP contribution is -2.27. The van der Waals surface area contributed by atoms with Gasteiger partial charge in [0.15, 0.2) is 0 Å². The summed E-state index contributed by atoms with van der Waals surface area (Å²) in [4.78, 5) is 0. The fourth-order valence-corrected chi connectivity index (χ4v) is 3.00. The van der Waals surface area contributed by atoms with Crippen molar-refractivity contribution >= 4 is 5.57 Å². The zero-order chi connectivity index (χ0) is 11.7. The summed E-state index contributed by atoms with van der Waals surface area (Å²) < 4.78 is 6.12. The normalized spacial score (nSPS) is 24.1. The maximum Gasteiger partial charge on any atom is 0.127 e. The predicted molar refractivity (Wildman–Crippen MR) is 69.8 cm³/mol. The lowest BCUT2D eigenvalue weighted by molar-refractivity contribution is 0.177. The molecule has 0 aromatic heterocycles. The van der Waals surface area contributed by atoms with Gasteiger partial charge in [0.1, 0.15) is 11.9 Å². The fraction of sp³-hybridized carbons (Fsp3) is 0.467. The molecule has 2 aliphatic rings. The van der Waals surface area contributed by atoms with Crippen molar-refractivity contribution in [2.24, 2.45) is 11.7 Å². The molecule has 1 aliphatic heterocycles. The number of benzene rings is 1.